The largest absolute Gasteiger partial charge is 0.505 e. The number of para-hydroxylation sites is 3. The highest BCUT2D eigenvalue weighted by Crippen LogP contribution is 2.32. The number of cyclic esters (lactones) is 2. The van der Waals surface area contributed by atoms with Crippen LogP contribution in [-0.2, 0) is 47.8 Å². The van der Waals surface area contributed by atoms with Crippen molar-refractivity contribution in [1.29, 1.82) is 0 Å². The smallest absolute Gasteiger partial charge is 0.329 e. The molecule has 2 aliphatic rings. The molecule has 78 heavy (non-hydrogen) atoms. The number of ether oxygens (including phenoxy) is 2. The average Bonchev–Trinajstić information content (AvgIpc) is 3.43. The van der Waals surface area contributed by atoms with Crippen molar-refractivity contribution in [2.24, 2.45) is 11.8 Å². The first-order chi connectivity index (χ1) is 36.9. The molecule has 2 aliphatic heterocycles. The maximum Gasteiger partial charge on any atom is 0.329 e. The molecule has 4 heterocycles. The van der Waals surface area contributed by atoms with Crippen LogP contribution in [0.5, 0.6) is 5.75 Å². The topological polar surface area (TPSA) is 309 Å². The summed E-state index contributed by atoms with van der Waals surface area (Å²) in [5, 5.41) is 21.5. The molecule has 0 saturated carbocycles. The summed E-state index contributed by atoms with van der Waals surface area (Å²) in [7, 11) is 5.26. The molecule has 2 saturated heterocycles. The van der Waals surface area contributed by atoms with Gasteiger partial charge in [-0.05, 0) is 56.2 Å². The van der Waals surface area contributed by atoms with E-state index in [-0.39, 0.29) is 11.4 Å². The van der Waals surface area contributed by atoms with Crippen LogP contribution < -0.4 is 21.3 Å². The highest BCUT2D eigenvalue weighted by atomic mass is 32.2. The van der Waals surface area contributed by atoms with E-state index in [2.05, 4.69) is 36.2 Å². The van der Waals surface area contributed by atoms with Crippen LogP contribution in [0.25, 0.3) is 21.9 Å². The molecule has 2 aromatic heterocycles. The number of nitrogens with one attached hydrogen (secondary N) is 4. The van der Waals surface area contributed by atoms with E-state index in [0.717, 1.165) is 43.1 Å². The Morgan fingerprint density at radius 1 is 0.679 bits per heavy atom. The molecular weight excluding hydrogens is 1050 g/mol. The second-order valence-corrected chi connectivity index (χ2v) is 22.1. The lowest BCUT2D eigenvalue weighted by molar-refractivity contribution is -0.160. The average molecular weight is 1120 g/mol. The Morgan fingerprint density at radius 3 is 1.73 bits per heavy atom. The Kier molecular flexibility index (Phi) is 19.6. The van der Waals surface area contributed by atoms with Crippen LogP contribution >= 0.6 is 23.5 Å². The lowest BCUT2D eigenvalue weighted by Gasteiger charge is -2.40. The second kappa shape index (κ2) is 25.7. The zero-order valence-corrected chi connectivity index (χ0v) is 46.7. The van der Waals surface area contributed by atoms with Crippen LogP contribution in [0.4, 0.5) is 0 Å². The minimum atomic E-state index is -1.75. The van der Waals surface area contributed by atoms with Crippen LogP contribution in [0.2, 0.25) is 0 Å². The number of rotatable bonds is 7. The minimum Gasteiger partial charge on any atom is -0.505 e. The van der Waals surface area contributed by atoms with Gasteiger partial charge in [0, 0.05) is 39.3 Å². The monoisotopic (exact) mass is 1120 g/mol. The molecule has 418 valence electrons. The number of benzene rings is 2. The van der Waals surface area contributed by atoms with Gasteiger partial charge in [0.1, 0.15) is 73.0 Å². The maximum absolute atomic E-state index is 15.2. The van der Waals surface area contributed by atoms with Gasteiger partial charge in [0.25, 0.3) is 11.8 Å². The molecule has 6 rings (SSSR count). The molecule has 2 bridgehead atoms. The Balaban J connectivity index is 1.43. The zero-order chi connectivity index (χ0) is 57.4. The van der Waals surface area contributed by atoms with Crippen molar-refractivity contribution in [2.45, 2.75) is 94.5 Å². The molecule has 5 N–H and O–H groups in total. The molecule has 9 atom stereocenters. The molecule has 24 nitrogen and oxygen atoms in total. The normalized spacial score (nSPS) is 25.2. The van der Waals surface area contributed by atoms with Gasteiger partial charge < -0.3 is 55.4 Å². The lowest BCUT2D eigenvalue weighted by Crippen LogP contribution is -2.60. The zero-order valence-electron chi connectivity index (χ0n) is 45.0. The number of amides is 8. The molecule has 2 fully saturated rings. The standard InChI is InChI=1S/C52H65N11O13S2/c1-25(2)39-50(73)75-22-34(58-42(65)33-21-53-31-18-14-15-19-32(31)56-33)43(66)55-28(6)47(70)63(10)41-49(72)62(9)40(26(3)4)51(74)76-23-35(59-45(68)38-37(64)20-29-16-12-13-17-30(29)57-38)44(67)54-27(5)46(69)60(7)36(48(71)61(39)8)24-78-52(41)77-11/h12-21,25-28,34-36,39-41,52,64H,22-24H2,1-11H3,(H,54,67)(H,55,66)(H,58,65)(H,59,68)/t27-,28-,34+,35+,36+,39-,40-,41+,52?/m0/s1. The first-order valence-corrected chi connectivity index (χ1v) is 27.3. The highest BCUT2D eigenvalue weighted by Gasteiger charge is 2.45. The Hall–Kier alpha value is -7.61. The number of hydrogen-bond donors (Lipinski definition) is 5. The SMILES string of the molecule is CSC1SC[C@@H]2C(=O)N(C)[C@@H](C(C)C)C(=O)OC[C@@H](NC(=O)c3cnc4ccccc4n3)C(=O)N[C@@H](C)C(=O)N(C)[C@@H]1C(=O)N(C)[C@@H](C(C)C)C(=O)OC[C@@H](NC(=O)c1nc3ccccc3cc1O)C(=O)N[C@@H](C)C(=O)N2C. The van der Waals surface area contributed by atoms with Gasteiger partial charge in [-0.1, -0.05) is 58.0 Å². The molecule has 0 aliphatic carbocycles. The van der Waals surface area contributed by atoms with Crippen molar-refractivity contribution in [1.82, 2.24) is 55.8 Å². The van der Waals surface area contributed by atoms with E-state index < -0.39 is 149 Å². The number of likely N-dealkylation sites (N-methyl/N-ethyl adjacent to an activating group) is 4. The molecular formula is C52H65N11O13S2. The summed E-state index contributed by atoms with van der Waals surface area (Å²) in [6.07, 6.45) is 2.85. The molecule has 1 unspecified atom stereocenters. The molecule has 2 aromatic carbocycles. The number of aromatic nitrogens is 3. The summed E-state index contributed by atoms with van der Waals surface area (Å²) in [6, 6.07) is 2.71. The van der Waals surface area contributed by atoms with Crippen molar-refractivity contribution >= 4 is 105 Å². The summed E-state index contributed by atoms with van der Waals surface area (Å²) >= 11 is 2.13. The van der Waals surface area contributed by atoms with Crippen LogP contribution in [0, 0.1) is 11.8 Å². The van der Waals surface area contributed by atoms with Gasteiger partial charge in [-0.25, -0.2) is 19.6 Å². The fourth-order valence-corrected chi connectivity index (χ4v) is 11.6. The van der Waals surface area contributed by atoms with E-state index in [1.807, 2.05) is 0 Å². The number of esters is 2. The fourth-order valence-electron chi connectivity index (χ4n) is 9.08. The summed E-state index contributed by atoms with van der Waals surface area (Å²) in [4.78, 5) is 162. The van der Waals surface area contributed by atoms with Gasteiger partial charge in [0.05, 0.1) is 27.3 Å². The van der Waals surface area contributed by atoms with Crippen LogP contribution in [0.15, 0.2) is 60.8 Å². The van der Waals surface area contributed by atoms with Crippen molar-refractivity contribution in [3.05, 3.63) is 72.2 Å². The van der Waals surface area contributed by atoms with Gasteiger partial charge in [-0.15, -0.1) is 23.5 Å². The number of aromatic hydroxyl groups is 1. The van der Waals surface area contributed by atoms with E-state index >= 15 is 9.59 Å². The van der Waals surface area contributed by atoms with E-state index in [0.29, 0.717) is 21.9 Å². The first kappa shape index (κ1) is 59.6. The number of thioether (sulfide) groups is 2. The Morgan fingerprint density at radius 2 is 1.18 bits per heavy atom. The number of fused-ring (bicyclic) bond motifs is 6. The van der Waals surface area contributed by atoms with Gasteiger partial charge in [0.2, 0.25) is 35.4 Å². The lowest BCUT2D eigenvalue weighted by atomic mass is 10.0. The van der Waals surface area contributed by atoms with Crippen molar-refractivity contribution in [2.75, 3.05) is 53.4 Å². The fraction of sp³-hybridized carbons (Fsp3) is 0.481. The van der Waals surface area contributed by atoms with E-state index in [1.54, 1.807) is 82.5 Å². The quantitative estimate of drug-likeness (QED) is 0.161. The van der Waals surface area contributed by atoms with Crippen molar-refractivity contribution < 1.29 is 62.5 Å². The Bertz CT molecular complexity index is 2980. The second-order valence-electron chi connectivity index (χ2n) is 19.6. The number of pyridine rings is 1. The summed E-state index contributed by atoms with van der Waals surface area (Å²) in [5.41, 5.74) is 0.544. The maximum atomic E-state index is 15.2. The van der Waals surface area contributed by atoms with E-state index in [9.17, 15) is 43.5 Å². The number of hydrogen-bond acceptors (Lipinski definition) is 18. The molecule has 4 aromatic rings. The highest BCUT2D eigenvalue weighted by molar-refractivity contribution is 8.16. The summed E-state index contributed by atoms with van der Waals surface area (Å²) < 4.78 is 10.5. The summed E-state index contributed by atoms with van der Waals surface area (Å²) in [6.45, 7) is 7.53. The molecule has 8 amide bonds. The molecule has 0 spiro atoms. The van der Waals surface area contributed by atoms with Gasteiger partial charge in [-0.3, -0.25) is 43.3 Å². The van der Waals surface area contributed by atoms with Crippen molar-refractivity contribution in [3.8, 4) is 5.75 Å². The van der Waals surface area contributed by atoms with E-state index in [1.165, 1.54) is 54.3 Å². The third kappa shape index (κ3) is 13.4. The number of carbonyl (C=O) groups is 10. The first-order valence-electron chi connectivity index (χ1n) is 24.9. The Labute approximate surface area is 458 Å². The van der Waals surface area contributed by atoms with Gasteiger partial charge in [-0.2, -0.15) is 0 Å². The molecule has 26 heteroatoms. The van der Waals surface area contributed by atoms with Crippen molar-refractivity contribution in [3.63, 3.8) is 0 Å². The number of nitrogens with zero attached hydrogens (tertiary/aromatic N) is 7. The predicted octanol–water partition coefficient (Wildman–Crippen LogP) is 0.946. The van der Waals surface area contributed by atoms with Gasteiger partial charge >= 0.3 is 11.9 Å². The minimum absolute atomic E-state index is 0.188. The van der Waals surface area contributed by atoms with Crippen LogP contribution in [-0.4, -0.2) is 205 Å². The predicted molar refractivity (Wildman–Crippen MR) is 288 cm³/mol. The third-order valence-corrected chi connectivity index (χ3v) is 16.2. The summed E-state index contributed by atoms with van der Waals surface area (Å²) in [5.74, 6) is -11.3. The third-order valence-electron chi connectivity index (χ3n) is 13.4. The van der Waals surface area contributed by atoms with Crippen LogP contribution in [0.1, 0.15) is 62.5 Å². The van der Waals surface area contributed by atoms with Crippen LogP contribution in [0.3, 0.4) is 0 Å². The van der Waals surface area contributed by atoms with Gasteiger partial charge in [0.15, 0.2) is 5.69 Å². The van der Waals surface area contributed by atoms with E-state index in [4.69, 9.17) is 9.47 Å². The number of carbonyl (C=O) groups excluding carboxylic acids is 10. The molecule has 0 radical (unpaired) electrons.